The minimum Gasteiger partial charge on any atom is -0.342 e. The molecule has 2 fully saturated rings. The third-order valence-corrected chi connectivity index (χ3v) is 6.45. The molecule has 8 heteroatoms. The number of amides is 4. The lowest BCUT2D eigenvalue weighted by atomic mass is 9.94. The van der Waals surface area contributed by atoms with E-state index in [1.165, 1.54) is 6.92 Å². The number of likely N-dealkylation sites (tertiary alicyclic amines) is 1. The average Bonchev–Trinajstić information content (AvgIpc) is 3.20. The van der Waals surface area contributed by atoms with Crippen molar-refractivity contribution in [2.24, 2.45) is 11.8 Å². The molecule has 2 saturated heterocycles. The standard InChI is InChI=1S/C26H30N4O4/c1-17-6-8-23(9-7-17)30-16-20(14-24(30)32)26(34)29-12-10-19(11-13-29)25(33)28-22-5-3-4-21(15-22)27-18(2)31/h3-9,15,19-20H,10-14,16H2,1-2H3,(H,27,31)(H,28,33). The molecular formula is C26H30N4O4. The summed E-state index contributed by atoms with van der Waals surface area (Å²) in [6, 6.07) is 14.8. The minimum atomic E-state index is -0.351. The fraction of sp³-hybridized carbons (Fsp3) is 0.385. The van der Waals surface area contributed by atoms with E-state index in [2.05, 4.69) is 10.6 Å². The molecule has 2 aliphatic heterocycles. The van der Waals surface area contributed by atoms with Gasteiger partial charge in [0.2, 0.25) is 23.6 Å². The molecule has 2 aromatic carbocycles. The van der Waals surface area contributed by atoms with Crippen molar-refractivity contribution < 1.29 is 19.2 Å². The Kier molecular flexibility index (Phi) is 6.95. The zero-order valence-electron chi connectivity index (χ0n) is 19.5. The van der Waals surface area contributed by atoms with Gasteiger partial charge in [-0.25, -0.2) is 0 Å². The summed E-state index contributed by atoms with van der Waals surface area (Å²) in [7, 11) is 0. The second kappa shape index (κ2) is 10.1. The topological polar surface area (TPSA) is 98.8 Å². The number of hydrogen-bond acceptors (Lipinski definition) is 4. The Balaban J connectivity index is 1.29. The summed E-state index contributed by atoms with van der Waals surface area (Å²) in [6.45, 7) is 4.82. The number of anilines is 3. The van der Waals surface area contributed by atoms with Crippen LogP contribution < -0.4 is 15.5 Å². The van der Waals surface area contributed by atoms with Gasteiger partial charge in [0.05, 0.1) is 5.92 Å². The van der Waals surface area contributed by atoms with E-state index >= 15 is 0 Å². The van der Waals surface area contributed by atoms with Crippen LogP contribution in [0.3, 0.4) is 0 Å². The molecule has 0 radical (unpaired) electrons. The Hall–Kier alpha value is -3.68. The second-order valence-electron chi connectivity index (χ2n) is 9.09. The van der Waals surface area contributed by atoms with Gasteiger partial charge < -0.3 is 20.4 Å². The van der Waals surface area contributed by atoms with Crippen molar-refractivity contribution in [3.8, 4) is 0 Å². The molecule has 1 atom stereocenters. The Morgan fingerprint density at radius 3 is 2.21 bits per heavy atom. The number of carbonyl (C=O) groups is 4. The molecular weight excluding hydrogens is 432 g/mol. The molecule has 34 heavy (non-hydrogen) atoms. The Morgan fingerprint density at radius 1 is 0.912 bits per heavy atom. The first-order valence-electron chi connectivity index (χ1n) is 11.6. The maximum absolute atomic E-state index is 13.1. The normalized spacial score (nSPS) is 18.6. The SMILES string of the molecule is CC(=O)Nc1cccc(NC(=O)C2CCN(C(=O)C3CC(=O)N(c4ccc(C)cc4)C3)CC2)c1. The van der Waals surface area contributed by atoms with Gasteiger partial charge >= 0.3 is 0 Å². The smallest absolute Gasteiger partial charge is 0.228 e. The van der Waals surface area contributed by atoms with E-state index in [1.807, 2.05) is 31.2 Å². The summed E-state index contributed by atoms with van der Waals surface area (Å²) in [4.78, 5) is 53.1. The van der Waals surface area contributed by atoms with E-state index in [-0.39, 0.29) is 41.9 Å². The highest BCUT2D eigenvalue weighted by Gasteiger charge is 2.38. The van der Waals surface area contributed by atoms with Crippen LogP contribution in [0.1, 0.15) is 31.7 Å². The second-order valence-corrected chi connectivity index (χ2v) is 9.09. The minimum absolute atomic E-state index is 0.00942. The summed E-state index contributed by atoms with van der Waals surface area (Å²) in [6.07, 6.45) is 1.37. The van der Waals surface area contributed by atoms with Gasteiger partial charge in [0.1, 0.15) is 0 Å². The van der Waals surface area contributed by atoms with Gasteiger partial charge in [0, 0.05) is 56.0 Å². The molecule has 2 N–H and O–H groups in total. The number of piperidine rings is 1. The summed E-state index contributed by atoms with van der Waals surface area (Å²) in [5.41, 5.74) is 3.19. The van der Waals surface area contributed by atoms with Gasteiger partial charge in [-0.3, -0.25) is 19.2 Å². The van der Waals surface area contributed by atoms with Crippen molar-refractivity contribution in [3.63, 3.8) is 0 Å². The number of carbonyl (C=O) groups excluding carboxylic acids is 4. The molecule has 0 bridgehead atoms. The van der Waals surface area contributed by atoms with Crippen molar-refractivity contribution in [1.29, 1.82) is 0 Å². The molecule has 8 nitrogen and oxygen atoms in total. The van der Waals surface area contributed by atoms with E-state index in [4.69, 9.17) is 0 Å². The number of nitrogens with one attached hydrogen (secondary N) is 2. The molecule has 4 amide bonds. The molecule has 4 rings (SSSR count). The molecule has 2 heterocycles. The summed E-state index contributed by atoms with van der Waals surface area (Å²) in [5.74, 6) is -0.846. The highest BCUT2D eigenvalue weighted by Crippen LogP contribution is 2.28. The lowest BCUT2D eigenvalue weighted by molar-refractivity contribution is -0.138. The molecule has 1 unspecified atom stereocenters. The molecule has 2 aromatic rings. The Labute approximate surface area is 199 Å². The van der Waals surface area contributed by atoms with Crippen LogP contribution in [0.5, 0.6) is 0 Å². The van der Waals surface area contributed by atoms with Crippen molar-refractivity contribution in [2.45, 2.75) is 33.1 Å². The van der Waals surface area contributed by atoms with Crippen molar-refractivity contribution >= 4 is 40.7 Å². The predicted molar refractivity (Wildman–Crippen MR) is 130 cm³/mol. The quantitative estimate of drug-likeness (QED) is 0.713. The largest absolute Gasteiger partial charge is 0.342 e. The molecule has 178 valence electrons. The lowest BCUT2D eigenvalue weighted by Crippen LogP contribution is -2.44. The van der Waals surface area contributed by atoms with Crippen LogP contribution in [-0.4, -0.2) is 48.2 Å². The van der Waals surface area contributed by atoms with Crippen LogP contribution in [-0.2, 0) is 19.2 Å². The first kappa shape index (κ1) is 23.5. The van der Waals surface area contributed by atoms with E-state index < -0.39 is 0 Å². The molecule has 0 aliphatic carbocycles. The van der Waals surface area contributed by atoms with Gasteiger partial charge in [-0.2, -0.15) is 0 Å². The zero-order valence-corrected chi connectivity index (χ0v) is 19.5. The molecule has 0 saturated carbocycles. The molecule has 0 aromatic heterocycles. The van der Waals surface area contributed by atoms with Crippen molar-refractivity contribution in [3.05, 3.63) is 54.1 Å². The lowest BCUT2D eigenvalue weighted by Gasteiger charge is -2.33. The first-order chi connectivity index (χ1) is 16.3. The van der Waals surface area contributed by atoms with Gasteiger partial charge in [-0.1, -0.05) is 23.8 Å². The molecule has 0 spiro atoms. The van der Waals surface area contributed by atoms with Crippen LogP contribution in [0.2, 0.25) is 0 Å². The van der Waals surface area contributed by atoms with Gasteiger partial charge in [-0.05, 0) is 50.1 Å². The molecule has 2 aliphatic rings. The Morgan fingerprint density at radius 2 is 1.56 bits per heavy atom. The number of rotatable bonds is 5. The maximum Gasteiger partial charge on any atom is 0.228 e. The van der Waals surface area contributed by atoms with E-state index in [0.717, 1.165) is 11.3 Å². The fourth-order valence-electron chi connectivity index (χ4n) is 4.59. The van der Waals surface area contributed by atoms with E-state index in [0.29, 0.717) is 43.9 Å². The van der Waals surface area contributed by atoms with Gasteiger partial charge in [-0.15, -0.1) is 0 Å². The number of hydrogen-bond donors (Lipinski definition) is 2. The first-order valence-corrected chi connectivity index (χ1v) is 11.6. The fourth-order valence-corrected chi connectivity index (χ4v) is 4.59. The summed E-state index contributed by atoms with van der Waals surface area (Å²) < 4.78 is 0. The maximum atomic E-state index is 13.1. The van der Waals surface area contributed by atoms with E-state index in [1.54, 1.807) is 34.1 Å². The highest BCUT2D eigenvalue weighted by atomic mass is 16.2. The third kappa shape index (κ3) is 5.44. The predicted octanol–water partition coefficient (Wildman–Crippen LogP) is 3.18. The van der Waals surface area contributed by atoms with Gasteiger partial charge in [0.25, 0.3) is 0 Å². The van der Waals surface area contributed by atoms with Crippen LogP contribution in [0.15, 0.2) is 48.5 Å². The average molecular weight is 463 g/mol. The van der Waals surface area contributed by atoms with Crippen LogP contribution in [0, 0.1) is 18.8 Å². The van der Waals surface area contributed by atoms with Crippen molar-refractivity contribution in [1.82, 2.24) is 4.90 Å². The van der Waals surface area contributed by atoms with Crippen molar-refractivity contribution in [2.75, 3.05) is 35.2 Å². The van der Waals surface area contributed by atoms with Gasteiger partial charge in [0.15, 0.2) is 0 Å². The van der Waals surface area contributed by atoms with E-state index in [9.17, 15) is 19.2 Å². The third-order valence-electron chi connectivity index (χ3n) is 6.45. The summed E-state index contributed by atoms with van der Waals surface area (Å²) in [5, 5.41) is 5.61. The summed E-state index contributed by atoms with van der Waals surface area (Å²) >= 11 is 0. The van der Waals surface area contributed by atoms with Crippen LogP contribution >= 0.6 is 0 Å². The van der Waals surface area contributed by atoms with Crippen LogP contribution in [0.25, 0.3) is 0 Å². The zero-order chi connectivity index (χ0) is 24.2. The number of nitrogens with zero attached hydrogens (tertiary/aromatic N) is 2. The number of benzene rings is 2. The number of aryl methyl sites for hydroxylation is 1. The monoisotopic (exact) mass is 462 g/mol. The Bertz CT molecular complexity index is 1090. The van der Waals surface area contributed by atoms with Crippen LogP contribution in [0.4, 0.5) is 17.1 Å². The highest BCUT2D eigenvalue weighted by molar-refractivity contribution is 6.00.